The lowest BCUT2D eigenvalue weighted by molar-refractivity contribution is -0.118. The van der Waals surface area contributed by atoms with Gasteiger partial charge in [-0.15, -0.1) is 0 Å². The summed E-state index contributed by atoms with van der Waals surface area (Å²) in [6, 6.07) is 3.21. The summed E-state index contributed by atoms with van der Waals surface area (Å²) in [6.45, 7) is 0.571. The molecule has 0 bridgehead atoms. The number of nitrogens with two attached hydrogens (primary N) is 2. The minimum absolute atomic E-state index is 0.169. The Morgan fingerprint density at radius 1 is 1.22 bits per heavy atom. The smallest absolute Gasteiger partial charge is 0.252 e. The number of carbonyl (C=O) groups is 2. The van der Waals surface area contributed by atoms with Crippen LogP contribution in [0.15, 0.2) is 18.3 Å². The van der Waals surface area contributed by atoms with E-state index in [1.807, 2.05) is 0 Å². The normalized spacial score (nSPS) is 10.0. The van der Waals surface area contributed by atoms with Gasteiger partial charge in [-0.05, 0) is 25.0 Å². The summed E-state index contributed by atoms with van der Waals surface area (Å²) < 4.78 is 0. The molecular formula is C12H18N4O2. The standard InChI is InChI=1S/C12H18N4O2/c13-10-6-5-9(8-16-10)12(18)15-7-3-1-2-4-11(14)17/h5-6,8H,1-4,7H2,(H2,13,16)(H2,14,17)(H,15,18). The molecule has 0 aliphatic rings. The molecule has 0 unspecified atom stereocenters. The second-order valence-corrected chi connectivity index (χ2v) is 4.00. The monoisotopic (exact) mass is 250 g/mol. The third-order valence-electron chi connectivity index (χ3n) is 2.43. The number of nitrogens with zero attached hydrogens (tertiary/aromatic N) is 1. The van der Waals surface area contributed by atoms with Crippen LogP contribution in [0.1, 0.15) is 36.0 Å². The van der Waals surface area contributed by atoms with E-state index < -0.39 is 0 Å². The fourth-order valence-corrected chi connectivity index (χ4v) is 1.44. The predicted molar refractivity (Wildman–Crippen MR) is 68.6 cm³/mol. The molecule has 0 radical (unpaired) electrons. The van der Waals surface area contributed by atoms with Gasteiger partial charge in [0.05, 0.1) is 5.56 Å². The molecule has 0 saturated heterocycles. The first-order valence-electron chi connectivity index (χ1n) is 5.87. The maximum Gasteiger partial charge on any atom is 0.252 e. The van der Waals surface area contributed by atoms with Crippen molar-refractivity contribution in [3.63, 3.8) is 0 Å². The van der Waals surface area contributed by atoms with Gasteiger partial charge in [0.25, 0.3) is 5.91 Å². The molecule has 0 saturated carbocycles. The summed E-state index contributed by atoms with van der Waals surface area (Å²) in [4.78, 5) is 26.0. The zero-order valence-corrected chi connectivity index (χ0v) is 10.2. The van der Waals surface area contributed by atoms with Crippen molar-refractivity contribution in [3.05, 3.63) is 23.9 Å². The van der Waals surface area contributed by atoms with Crippen LogP contribution in [0, 0.1) is 0 Å². The van der Waals surface area contributed by atoms with E-state index in [1.165, 1.54) is 6.20 Å². The molecule has 0 atom stereocenters. The first kappa shape index (κ1) is 14.0. The van der Waals surface area contributed by atoms with Gasteiger partial charge in [-0.25, -0.2) is 4.98 Å². The Hall–Kier alpha value is -2.11. The Morgan fingerprint density at radius 2 is 2.00 bits per heavy atom. The summed E-state index contributed by atoms with van der Waals surface area (Å²) in [7, 11) is 0. The minimum Gasteiger partial charge on any atom is -0.384 e. The summed E-state index contributed by atoms with van der Waals surface area (Å²) in [5.41, 5.74) is 10.9. The number of hydrogen-bond acceptors (Lipinski definition) is 4. The predicted octanol–water partition coefficient (Wildman–Crippen LogP) is 0.439. The molecule has 1 rings (SSSR count). The number of carbonyl (C=O) groups excluding carboxylic acids is 2. The summed E-state index contributed by atoms with van der Waals surface area (Å²) in [6.07, 6.45) is 4.28. The Morgan fingerprint density at radius 3 is 2.61 bits per heavy atom. The maximum atomic E-state index is 11.6. The average molecular weight is 250 g/mol. The molecule has 2 amide bonds. The van der Waals surface area contributed by atoms with Gasteiger partial charge in [0, 0.05) is 19.2 Å². The van der Waals surface area contributed by atoms with Crippen LogP contribution in [0.2, 0.25) is 0 Å². The van der Waals surface area contributed by atoms with Crippen molar-refractivity contribution in [1.82, 2.24) is 10.3 Å². The largest absolute Gasteiger partial charge is 0.384 e. The molecule has 1 aromatic rings. The van der Waals surface area contributed by atoms with E-state index in [2.05, 4.69) is 10.3 Å². The average Bonchev–Trinajstić information content (AvgIpc) is 2.34. The molecule has 0 fully saturated rings. The van der Waals surface area contributed by atoms with E-state index in [9.17, 15) is 9.59 Å². The number of hydrogen-bond donors (Lipinski definition) is 3. The van der Waals surface area contributed by atoms with Crippen molar-refractivity contribution < 1.29 is 9.59 Å². The zero-order chi connectivity index (χ0) is 13.4. The molecular weight excluding hydrogens is 232 g/mol. The van der Waals surface area contributed by atoms with E-state index in [1.54, 1.807) is 12.1 Å². The fourth-order valence-electron chi connectivity index (χ4n) is 1.44. The highest BCUT2D eigenvalue weighted by Gasteiger charge is 2.04. The van der Waals surface area contributed by atoms with Crippen molar-refractivity contribution in [2.75, 3.05) is 12.3 Å². The van der Waals surface area contributed by atoms with Gasteiger partial charge in [0.15, 0.2) is 0 Å². The summed E-state index contributed by atoms with van der Waals surface area (Å²) in [5.74, 6) is -0.0672. The Bertz CT molecular complexity index is 403. The number of nitrogens with one attached hydrogen (secondary N) is 1. The van der Waals surface area contributed by atoms with Gasteiger partial charge >= 0.3 is 0 Å². The fraction of sp³-hybridized carbons (Fsp3) is 0.417. The highest BCUT2D eigenvalue weighted by Crippen LogP contribution is 2.02. The Balaban J connectivity index is 2.17. The second kappa shape index (κ2) is 7.26. The molecule has 5 N–H and O–H groups in total. The van der Waals surface area contributed by atoms with Crippen LogP contribution in [0.25, 0.3) is 0 Å². The second-order valence-electron chi connectivity index (χ2n) is 4.00. The number of primary amides is 1. The van der Waals surface area contributed by atoms with Crippen molar-refractivity contribution in [2.24, 2.45) is 5.73 Å². The van der Waals surface area contributed by atoms with E-state index in [4.69, 9.17) is 11.5 Å². The molecule has 18 heavy (non-hydrogen) atoms. The number of nitrogen functional groups attached to an aromatic ring is 1. The van der Waals surface area contributed by atoms with Crippen LogP contribution in [-0.2, 0) is 4.79 Å². The SMILES string of the molecule is NC(=O)CCCCCNC(=O)c1ccc(N)nc1. The van der Waals surface area contributed by atoms with Gasteiger partial charge in [-0.3, -0.25) is 9.59 Å². The molecule has 1 heterocycles. The number of aromatic nitrogens is 1. The van der Waals surface area contributed by atoms with Crippen molar-refractivity contribution in [3.8, 4) is 0 Å². The van der Waals surface area contributed by atoms with Gasteiger partial charge in [0.2, 0.25) is 5.91 Å². The number of anilines is 1. The molecule has 98 valence electrons. The van der Waals surface area contributed by atoms with Gasteiger partial charge in [-0.1, -0.05) is 6.42 Å². The molecule has 6 nitrogen and oxygen atoms in total. The van der Waals surface area contributed by atoms with E-state index in [0.29, 0.717) is 24.3 Å². The van der Waals surface area contributed by atoms with Crippen LogP contribution < -0.4 is 16.8 Å². The van der Waals surface area contributed by atoms with Crippen LogP contribution in [-0.4, -0.2) is 23.3 Å². The molecule has 0 aliphatic carbocycles. The first-order valence-corrected chi connectivity index (χ1v) is 5.87. The molecule has 1 aromatic heterocycles. The van der Waals surface area contributed by atoms with Crippen molar-refractivity contribution >= 4 is 17.6 Å². The lowest BCUT2D eigenvalue weighted by Crippen LogP contribution is -2.24. The summed E-state index contributed by atoms with van der Waals surface area (Å²) in [5, 5.41) is 2.77. The van der Waals surface area contributed by atoms with E-state index in [-0.39, 0.29) is 11.8 Å². The van der Waals surface area contributed by atoms with Crippen LogP contribution >= 0.6 is 0 Å². The summed E-state index contributed by atoms with van der Waals surface area (Å²) >= 11 is 0. The number of unbranched alkanes of at least 4 members (excludes halogenated alkanes) is 2. The van der Waals surface area contributed by atoms with Crippen molar-refractivity contribution in [2.45, 2.75) is 25.7 Å². The van der Waals surface area contributed by atoms with E-state index in [0.717, 1.165) is 19.3 Å². The lowest BCUT2D eigenvalue weighted by Gasteiger charge is -2.04. The van der Waals surface area contributed by atoms with Crippen LogP contribution in [0.3, 0.4) is 0 Å². The van der Waals surface area contributed by atoms with Gasteiger partial charge < -0.3 is 16.8 Å². The minimum atomic E-state index is -0.285. The maximum absolute atomic E-state index is 11.6. The highest BCUT2D eigenvalue weighted by atomic mass is 16.2. The highest BCUT2D eigenvalue weighted by molar-refractivity contribution is 5.93. The Kier molecular flexibility index (Phi) is 5.63. The quantitative estimate of drug-likeness (QED) is 0.609. The number of amides is 2. The van der Waals surface area contributed by atoms with Crippen molar-refractivity contribution in [1.29, 1.82) is 0 Å². The molecule has 0 aromatic carbocycles. The number of rotatable bonds is 7. The number of pyridine rings is 1. The van der Waals surface area contributed by atoms with Crippen LogP contribution in [0.5, 0.6) is 0 Å². The third-order valence-corrected chi connectivity index (χ3v) is 2.43. The molecule has 0 spiro atoms. The van der Waals surface area contributed by atoms with Crippen LogP contribution in [0.4, 0.5) is 5.82 Å². The molecule has 6 heteroatoms. The van der Waals surface area contributed by atoms with Gasteiger partial charge in [0.1, 0.15) is 5.82 Å². The van der Waals surface area contributed by atoms with E-state index >= 15 is 0 Å². The van der Waals surface area contributed by atoms with Gasteiger partial charge in [-0.2, -0.15) is 0 Å². The Labute approximate surface area is 106 Å². The molecule has 0 aliphatic heterocycles. The third kappa shape index (κ3) is 5.29. The zero-order valence-electron chi connectivity index (χ0n) is 10.2. The lowest BCUT2D eigenvalue weighted by atomic mass is 10.2. The topological polar surface area (TPSA) is 111 Å². The first-order chi connectivity index (χ1) is 8.59.